The molecule has 1 amide bonds. The highest BCUT2D eigenvalue weighted by molar-refractivity contribution is 14.0. The summed E-state index contributed by atoms with van der Waals surface area (Å²) in [6, 6.07) is 7.29. The molecule has 29 heavy (non-hydrogen) atoms. The quantitative estimate of drug-likeness (QED) is 0.284. The molecule has 12 heteroatoms. The van der Waals surface area contributed by atoms with Gasteiger partial charge in [0.05, 0.1) is 20.2 Å². The number of aromatic nitrogens is 1. The molecule has 0 atom stereocenters. The Labute approximate surface area is 187 Å². The van der Waals surface area contributed by atoms with Crippen LogP contribution in [0.4, 0.5) is 13.2 Å². The number of halogens is 4. The Bertz CT molecular complexity index is 812. The van der Waals surface area contributed by atoms with E-state index < -0.39 is 11.9 Å². The van der Waals surface area contributed by atoms with E-state index in [0.29, 0.717) is 6.54 Å². The zero-order valence-corrected chi connectivity index (χ0v) is 18.8. The number of rotatable bonds is 7. The van der Waals surface area contributed by atoms with Crippen LogP contribution in [0, 0.1) is 0 Å². The molecule has 1 aromatic carbocycles. The SMILES string of the molecule is CN=C(NCC(=O)NCc1ccc(OC)cc1)NCc1nc(C(F)(F)F)cs1.I. The Hall–Kier alpha value is -2.09. The van der Waals surface area contributed by atoms with Crippen LogP contribution in [0.25, 0.3) is 0 Å². The number of nitrogens with one attached hydrogen (secondary N) is 3. The van der Waals surface area contributed by atoms with Crippen LogP contribution >= 0.6 is 35.3 Å². The van der Waals surface area contributed by atoms with Crippen molar-refractivity contribution in [1.29, 1.82) is 0 Å². The Morgan fingerprint density at radius 1 is 1.17 bits per heavy atom. The smallest absolute Gasteiger partial charge is 0.434 e. The first-order chi connectivity index (χ1) is 13.3. The lowest BCUT2D eigenvalue weighted by Gasteiger charge is -2.11. The lowest BCUT2D eigenvalue weighted by atomic mass is 10.2. The van der Waals surface area contributed by atoms with Crippen LogP contribution in [-0.2, 0) is 24.1 Å². The molecule has 0 aliphatic rings. The number of aliphatic imine (C=N–C) groups is 1. The van der Waals surface area contributed by atoms with E-state index in [4.69, 9.17) is 4.74 Å². The topological polar surface area (TPSA) is 87.6 Å². The molecule has 0 aliphatic heterocycles. The minimum atomic E-state index is -4.46. The molecule has 0 spiro atoms. The van der Waals surface area contributed by atoms with Gasteiger partial charge in [-0.15, -0.1) is 35.3 Å². The van der Waals surface area contributed by atoms with E-state index in [9.17, 15) is 18.0 Å². The fraction of sp³-hybridized carbons (Fsp3) is 0.353. The van der Waals surface area contributed by atoms with Gasteiger partial charge in [-0.2, -0.15) is 13.2 Å². The Balaban J connectivity index is 0.00000420. The molecule has 1 aromatic heterocycles. The Morgan fingerprint density at radius 3 is 2.41 bits per heavy atom. The predicted octanol–water partition coefficient (Wildman–Crippen LogP) is 2.77. The molecule has 2 rings (SSSR count). The van der Waals surface area contributed by atoms with Gasteiger partial charge in [0.2, 0.25) is 5.91 Å². The number of carbonyl (C=O) groups is 1. The number of hydrogen-bond acceptors (Lipinski definition) is 5. The number of alkyl halides is 3. The number of thiazole rings is 1. The van der Waals surface area contributed by atoms with Crippen LogP contribution in [0.1, 0.15) is 16.3 Å². The van der Waals surface area contributed by atoms with Gasteiger partial charge in [0.15, 0.2) is 11.7 Å². The van der Waals surface area contributed by atoms with Gasteiger partial charge in [-0.1, -0.05) is 12.1 Å². The second-order valence-electron chi connectivity index (χ2n) is 5.53. The van der Waals surface area contributed by atoms with Crippen LogP contribution in [-0.4, -0.2) is 37.6 Å². The minimum Gasteiger partial charge on any atom is -0.497 e. The van der Waals surface area contributed by atoms with E-state index in [-0.39, 0.29) is 53.9 Å². The number of guanidine groups is 1. The fourth-order valence-electron chi connectivity index (χ4n) is 2.07. The number of nitrogens with zero attached hydrogens (tertiary/aromatic N) is 2. The molecule has 0 aliphatic carbocycles. The van der Waals surface area contributed by atoms with Crippen molar-refractivity contribution in [1.82, 2.24) is 20.9 Å². The van der Waals surface area contributed by atoms with Gasteiger partial charge in [0, 0.05) is 19.0 Å². The maximum absolute atomic E-state index is 12.5. The number of carbonyl (C=O) groups excluding carboxylic acids is 1. The summed E-state index contributed by atoms with van der Waals surface area (Å²) < 4.78 is 42.7. The second kappa shape index (κ2) is 11.8. The third kappa shape index (κ3) is 8.43. The zero-order valence-electron chi connectivity index (χ0n) is 15.7. The van der Waals surface area contributed by atoms with Crippen molar-refractivity contribution in [2.45, 2.75) is 19.3 Å². The van der Waals surface area contributed by atoms with Gasteiger partial charge < -0.3 is 20.7 Å². The van der Waals surface area contributed by atoms with E-state index in [2.05, 4.69) is 25.9 Å². The summed E-state index contributed by atoms with van der Waals surface area (Å²) in [7, 11) is 3.07. The molecule has 7 nitrogen and oxygen atoms in total. The van der Waals surface area contributed by atoms with Crippen LogP contribution in [0.15, 0.2) is 34.6 Å². The predicted molar refractivity (Wildman–Crippen MR) is 116 cm³/mol. The normalized spacial score (nSPS) is 11.4. The maximum atomic E-state index is 12.5. The molecular formula is C17H21F3IN5O2S. The van der Waals surface area contributed by atoms with E-state index in [1.807, 2.05) is 12.1 Å². The summed E-state index contributed by atoms with van der Waals surface area (Å²) in [6.07, 6.45) is -4.46. The molecule has 160 valence electrons. The highest BCUT2D eigenvalue weighted by Gasteiger charge is 2.33. The third-order valence-corrected chi connectivity index (χ3v) is 4.39. The molecule has 0 fully saturated rings. The first-order valence-corrected chi connectivity index (χ1v) is 9.05. The molecule has 0 unspecified atom stereocenters. The minimum absolute atomic E-state index is 0. The number of methoxy groups -OCH3 is 1. The Morgan fingerprint density at radius 2 is 1.86 bits per heavy atom. The van der Waals surface area contributed by atoms with Gasteiger partial charge in [0.25, 0.3) is 0 Å². The summed E-state index contributed by atoms with van der Waals surface area (Å²) in [5.41, 5.74) is -0.00366. The van der Waals surface area contributed by atoms with Crippen molar-refractivity contribution in [2.75, 3.05) is 20.7 Å². The van der Waals surface area contributed by atoms with Gasteiger partial charge in [-0.05, 0) is 17.7 Å². The summed E-state index contributed by atoms with van der Waals surface area (Å²) in [4.78, 5) is 19.4. The van der Waals surface area contributed by atoms with E-state index in [1.54, 1.807) is 19.2 Å². The van der Waals surface area contributed by atoms with Crippen molar-refractivity contribution in [3.63, 3.8) is 0 Å². The van der Waals surface area contributed by atoms with E-state index in [1.165, 1.54) is 7.05 Å². The first-order valence-electron chi connectivity index (χ1n) is 8.17. The summed E-state index contributed by atoms with van der Waals surface area (Å²) in [5.74, 6) is 0.755. The van der Waals surface area contributed by atoms with Crippen LogP contribution in [0.3, 0.4) is 0 Å². The highest BCUT2D eigenvalue weighted by atomic mass is 127. The molecule has 1 heterocycles. The zero-order chi connectivity index (χ0) is 20.6. The second-order valence-corrected chi connectivity index (χ2v) is 6.47. The lowest BCUT2D eigenvalue weighted by molar-refractivity contribution is -0.140. The average molecular weight is 543 g/mol. The highest BCUT2D eigenvalue weighted by Crippen LogP contribution is 2.29. The number of ether oxygens (including phenoxy) is 1. The number of hydrogen-bond donors (Lipinski definition) is 3. The van der Waals surface area contributed by atoms with Gasteiger partial charge in [-0.25, -0.2) is 4.98 Å². The summed E-state index contributed by atoms with van der Waals surface area (Å²) in [6.45, 7) is 0.380. The van der Waals surface area contributed by atoms with Gasteiger partial charge in [-0.3, -0.25) is 9.79 Å². The molecule has 0 saturated carbocycles. The van der Waals surface area contributed by atoms with Crippen molar-refractivity contribution in [3.05, 3.63) is 45.9 Å². The molecule has 2 aromatic rings. The van der Waals surface area contributed by atoms with Gasteiger partial charge in [0.1, 0.15) is 10.8 Å². The molecule has 0 bridgehead atoms. The maximum Gasteiger partial charge on any atom is 0.434 e. The largest absolute Gasteiger partial charge is 0.497 e. The van der Waals surface area contributed by atoms with Crippen LogP contribution in [0.2, 0.25) is 0 Å². The Kier molecular flexibility index (Phi) is 10.2. The van der Waals surface area contributed by atoms with Crippen molar-refractivity contribution >= 4 is 47.2 Å². The van der Waals surface area contributed by atoms with Crippen molar-refractivity contribution in [3.8, 4) is 5.75 Å². The molecular weight excluding hydrogens is 522 g/mol. The van der Waals surface area contributed by atoms with Crippen molar-refractivity contribution < 1.29 is 22.7 Å². The van der Waals surface area contributed by atoms with Crippen LogP contribution < -0.4 is 20.7 Å². The van der Waals surface area contributed by atoms with Crippen LogP contribution in [0.5, 0.6) is 5.75 Å². The van der Waals surface area contributed by atoms with Gasteiger partial charge >= 0.3 is 6.18 Å². The molecule has 3 N–H and O–H groups in total. The fourth-order valence-corrected chi connectivity index (χ4v) is 2.81. The summed E-state index contributed by atoms with van der Waals surface area (Å²) >= 11 is 0.897. The van der Waals surface area contributed by atoms with Crippen molar-refractivity contribution in [2.24, 2.45) is 4.99 Å². The van der Waals surface area contributed by atoms with E-state index in [0.717, 1.165) is 28.0 Å². The third-order valence-electron chi connectivity index (χ3n) is 3.54. The first kappa shape index (κ1) is 24.9. The van der Waals surface area contributed by atoms with E-state index >= 15 is 0 Å². The number of amides is 1. The molecule has 0 saturated heterocycles. The summed E-state index contributed by atoms with van der Waals surface area (Å²) in [5, 5.41) is 9.58. The molecule has 0 radical (unpaired) electrons. The number of benzene rings is 1. The standard InChI is InChI=1S/C17H20F3N5O2S.HI/c1-21-16(24-9-15-25-13(10-28-15)17(18,19)20)23-8-14(26)22-7-11-3-5-12(27-2)6-4-11;/h3-6,10H,7-9H2,1-2H3,(H,22,26)(H2,21,23,24);1H. The lowest BCUT2D eigenvalue weighted by Crippen LogP contribution is -2.42. The average Bonchev–Trinajstić information content (AvgIpc) is 3.16. The monoisotopic (exact) mass is 543 g/mol.